The van der Waals surface area contributed by atoms with Crippen molar-refractivity contribution >= 4 is 40.0 Å². The highest BCUT2D eigenvalue weighted by atomic mass is 127. The van der Waals surface area contributed by atoms with Crippen molar-refractivity contribution in [2.75, 3.05) is 25.0 Å². The number of hydrogen-bond donors (Lipinski definition) is 0. The predicted molar refractivity (Wildman–Crippen MR) is 74.1 cm³/mol. The molecule has 4 heterocycles. The second-order valence-electron chi connectivity index (χ2n) is 4.57. The van der Waals surface area contributed by atoms with Gasteiger partial charge in [-0.3, -0.25) is 4.90 Å². The molecule has 1 unspecified atom stereocenters. The molecule has 0 radical (unpaired) electrons. The van der Waals surface area contributed by atoms with Gasteiger partial charge in [0.05, 0.1) is 5.02 Å². The molecule has 0 N–H and O–H groups in total. The van der Waals surface area contributed by atoms with Gasteiger partial charge < -0.3 is 4.90 Å². The van der Waals surface area contributed by atoms with Crippen LogP contribution in [-0.2, 0) is 0 Å². The number of piperidine rings is 1. The fraction of sp³-hybridized carbons (Fsp3) is 0.545. The second kappa shape index (κ2) is 3.99. The second-order valence-corrected chi connectivity index (χ2v) is 6.14. The maximum atomic E-state index is 5.98. The van der Waals surface area contributed by atoms with Crippen LogP contribution in [0.1, 0.15) is 6.42 Å². The summed E-state index contributed by atoms with van der Waals surface area (Å²) >= 11 is 8.24. The number of anilines is 1. The number of aromatic nitrogens is 1. The molecule has 1 aromatic heterocycles. The van der Waals surface area contributed by atoms with E-state index in [0.29, 0.717) is 12.1 Å². The van der Waals surface area contributed by atoms with Gasteiger partial charge in [0.1, 0.15) is 5.82 Å². The standard InChI is InChI=1S/C11H13ClIN3/c1-15-7-2-8(15)6-16(5-7)11-3-10(13)9(12)4-14-11/h3-4,7-8H,2,5-6H2,1H3/t7-,8?/m0/s1. The lowest BCUT2D eigenvalue weighted by Gasteiger charge is -2.55. The van der Waals surface area contributed by atoms with E-state index < -0.39 is 0 Å². The fourth-order valence-electron chi connectivity index (χ4n) is 2.56. The number of nitrogens with zero attached hydrogens (tertiary/aromatic N) is 3. The van der Waals surface area contributed by atoms with Gasteiger partial charge in [0.25, 0.3) is 0 Å². The number of rotatable bonds is 1. The van der Waals surface area contributed by atoms with Crippen LogP contribution in [0.4, 0.5) is 5.82 Å². The number of hydrogen-bond acceptors (Lipinski definition) is 3. The van der Waals surface area contributed by atoms with Gasteiger partial charge in [-0.05, 0) is 42.1 Å². The molecule has 5 heteroatoms. The number of fused-ring (bicyclic) bond motifs is 2. The molecule has 3 nitrogen and oxygen atoms in total. The zero-order chi connectivity index (χ0) is 11.3. The molecule has 0 saturated carbocycles. The van der Waals surface area contributed by atoms with Crippen LogP contribution in [0.5, 0.6) is 0 Å². The van der Waals surface area contributed by atoms with E-state index in [2.05, 4.69) is 50.5 Å². The van der Waals surface area contributed by atoms with Crippen LogP contribution < -0.4 is 4.90 Å². The van der Waals surface area contributed by atoms with Gasteiger partial charge >= 0.3 is 0 Å². The smallest absolute Gasteiger partial charge is 0.129 e. The molecule has 0 amide bonds. The third-order valence-electron chi connectivity index (χ3n) is 3.68. The van der Waals surface area contributed by atoms with E-state index in [1.54, 1.807) is 6.20 Å². The average Bonchev–Trinajstić information content (AvgIpc) is 2.32. The number of pyridine rings is 1. The Morgan fingerprint density at radius 3 is 2.69 bits per heavy atom. The highest BCUT2D eigenvalue weighted by molar-refractivity contribution is 14.1. The third kappa shape index (κ3) is 1.71. The molecule has 3 aliphatic rings. The number of likely N-dealkylation sites (N-methyl/N-ethyl adjacent to an activating group) is 1. The van der Waals surface area contributed by atoms with E-state index >= 15 is 0 Å². The van der Waals surface area contributed by atoms with E-state index in [9.17, 15) is 0 Å². The van der Waals surface area contributed by atoms with Crippen LogP contribution in [0, 0.1) is 3.57 Å². The first-order valence-electron chi connectivity index (χ1n) is 5.43. The Labute approximate surface area is 114 Å². The normalized spacial score (nSPS) is 29.1. The van der Waals surface area contributed by atoms with Gasteiger partial charge in [-0.1, -0.05) is 11.6 Å². The summed E-state index contributed by atoms with van der Waals surface area (Å²) in [7, 11) is 2.22. The Bertz CT molecular complexity index is 414. The van der Waals surface area contributed by atoms with Crippen molar-refractivity contribution in [2.45, 2.75) is 18.5 Å². The molecule has 0 aliphatic carbocycles. The Morgan fingerprint density at radius 2 is 2.12 bits per heavy atom. The van der Waals surface area contributed by atoms with E-state index in [-0.39, 0.29) is 0 Å². The lowest BCUT2D eigenvalue weighted by Crippen LogP contribution is -2.67. The monoisotopic (exact) mass is 349 g/mol. The minimum absolute atomic E-state index is 0.717. The Kier molecular flexibility index (Phi) is 2.76. The van der Waals surface area contributed by atoms with Crippen molar-refractivity contribution in [2.24, 2.45) is 0 Å². The highest BCUT2D eigenvalue weighted by Gasteiger charge is 2.42. The van der Waals surface area contributed by atoms with Gasteiger partial charge in [0.2, 0.25) is 0 Å². The third-order valence-corrected chi connectivity index (χ3v) is 5.19. The van der Waals surface area contributed by atoms with Gasteiger partial charge in [-0.25, -0.2) is 4.98 Å². The zero-order valence-corrected chi connectivity index (χ0v) is 11.9. The van der Waals surface area contributed by atoms with Crippen LogP contribution in [0.2, 0.25) is 5.02 Å². The van der Waals surface area contributed by atoms with Crippen LogP contribution >= 0.6 is 34.2 Å². The van der Waals surface area contributed by atoms with Crippen molar-refractivity contribution in [3.05, 3.63) is 20.9 Å². The Hall–Kier alpha value is -0.0700. The quantitative estimate of drug-likeness (QED) is 0.725. The summed E-state index contributed by atoms with van der Waals surface area (Å²) in [6.45, 7) is 2.19. The maximum Gasteiger partial charge on any atom is 0.129 e. The molecule has 3 aliphatic heterocycles. The fourth-order valence-corrected chi connectivity index (χ4v) is 3.08. The summed E-state index contributed by atoms with van der Waals surface area (Å²) in [5.41, 5.74) is 0. The van der Waals surface area contributed by atoms with E-state index in [1.807, 2.05) is 0 Å². The number of halogens is 2. The lowest BCUT2D eigenvalue weighted by molar-refractivity contribution is 0.0261. The summed E-state index contributed by atoms with van der Waals surface area (Å²) in [6.07, 6.45) is 3.10. The first kappa shape index (κ1) is 11.0. The van der Waals surface area contributed by atoms with Crippen molar-refractivity contribution < 1.29 is 0 Å². The van der Waals surface area contributed by atoms with Crippen LogP contribution in [0.3, 0.4) is 0 Å². The molecular weight excluding hydrogens is 336 g/mol. The molecule has 16 heavy (non-hydrogen) atoms. The molecule has 1 aromatic rings. The summed E-state index contributed by atoms with van der Waals surface area (Å²) < 4.78 is 1.08. The van der Waals surface area contributed by atoms with Crippen LogP contribution in [0.15, 0.2) is 12.3 Å². The molecule has 0 spiro atoms. The van der Waals surface area contributed by atoms with Crippen molar-refractivity contribution in [1.29, 1.82) is 0 Å². The van der Waals surface area contributed by atoms with Crippen molar-refractivity contribution in [3.8, 4) is 0 Å². The zero-order valence-electron chi connectivity index (χ0n) is 9.03. The number of piperazine rings is 1. The molecule has 2 atom stereocenters. The summed E-state index contributed by atoms with van der Waals surface area (Å²) in [5.74, 6) is 1.07. The maximum absolute atomic E-state index is 5.98. The average molecular weight is 350 g/mol. The molecule has 2 bridgehead atoms. The minimum Gasteiger partial charge on any atom is -0.353 e. The molecule has 3 fully saturated rings. The van der Waals surface area contributed by atoms with Gasteiger partial charge in [-0.2, -0.15) is 0 Å². The SMILES string of the molecule is CN1C2C[C@H]1CN(c1cc(I)c(Cl)cn1)C2. The first-order valence-corrected chi connectivity index (χ1v) is 6.89. The molecule has 3 saturated heterocycles. The first-order chi connectivity index (χ1) is 7.65. The van der Waals surface area contributed by atoms with Gasteiger partial charge in [0, 0.05) is 34.9 Å². The molecule has 86 valence electrons. The molecule has 0 aromatic carbocycles. The van der Waals surface area contributed by atoms with Gasteiger partial charge in [0.15, 0.2) is 0 Å². The molecule has 4 rings (SSSR count). The summed E-state index contributed by atoms with van der Waals surface area (Å²) in [4.78, 5) is 9.26. The highest BCUT2D eigenvalue weighted by Crippen LogP contribution is 2.33. The molecular formula is C11H13ClIN3. The van der Waals surface area contributed by atoms with Crippen molar-refractivity contribution in [3.63, 3.8) is 0 Å². The Morgan fingerprint density at radius 1 is 1.44 bits per heavy atom. The van der Waals surface area contributed by atoms with E-state index in [0.717, 1.165) is 27.5 Å². The minimum atomic E-state index is 0.717. The van der Waals surface area contributed by atoms with E-state index in [4.69, 9.17) is 11.6 Å². The van der Waals surface area contributed by atoms with Crippen LogP contribution in [0.25, 0.3) is 0 Å². The predicted octanol–water partition coefficient (Wildman–Crippen LogP) is 2.23. The van der Waals surface area contributed by atoms with E-state index in [1.165, 1.54) is 6.42 Å². The lowest BCUT2D eigenvalue weighted by atomic mass is 9.88. The summed E-state index contributed by atoms with van der Waals surface area (Å²) in [5, 5.41) is 0.739. The largest absolute Gasteiger partial charge is 0.353 e. The van der Waals surface area contributed by atoms with Crippen LogP contribution in [-0.4, -0.2) is 42.1 Å². The Balaban J connectivity index is 1.81. The van der Waals surface area contributed by atoms with Crippen molar-refractivity contribution in [1.82, 2.24) is 9.88 Å². The topological polar surface area (TPSA) is 19.4 Å². The summed E-state index contributed by atoms with van der Waals surface area (Å²) in [6, 6.07) is 3.51. The van der Waals surface area contributed by atoms with Gasteiger partial charge in [-0.15, -0.1) is 0 Å².